The zero-order valence-electron chi connectivity index (χ0n) is 7.68. The second kappa shape index (κ2) is 3.77. The molecule has 0 unspecified atom stereocenters. The summed E-state index contributed by atoms with van der Waals surface area (Å²) < 4.78 is 31.9. The van der Waals surface area contributed by atoms with Crippen LogP contribution in [0.3, 0.4) is 0 Å². The van der Waals surface area contributed by atoms with E-state index in [1.807, 2.05) is 0 Å². The Kier molecular flexibility index (Phi) is 2.58. The predicted octanol–water partition coefficient (Wildman–Crippen LogP) is 0.465. The lowest BCUT2D eigenvalue weighted by Crippen LogP contribution is -2.02. The Bertz CT molecular complexity index is 622. The number of hydrogen-bond donors (Lipinski definition) is 1. The third-order valence-corrected chi connectivity index (χ3v) is 2.91. The quantitative estimate of drug-likeness (QED) is 0.785. The van der Waals surface area contributed by atoms with Gasteiger partial charge in [-0.3, -0.25) is 4.55 Å². The minimum Gasteiger partial charge on any atom is -0.282 e. The van der Waals surface area contributed by atoms with E-state index in [9.17, 15) is 8.42 Å². The molecule has 0 amide bonds. The van der Waals surface area contributed by atoms with E-state index in [1.54, 1.807) is 6.07 Å². The average molecular weight is 257 g/mol. The van der Waals surface area contributed by atoms with Gasteiger partial charge < -0.3 is 0 Å². The van der Waals surface area contributed by atoms with Crippen LogP contribution in [0.2, 0.25) is 0 Å². The summed E-state index contributed by atoms with van der Waals surface area (Å²) >= 11 is 4.82. The van der Waals surface area contributed by atoms with Gasteiger partial charge in [0.05, 0.1) is 10.6 Å². The van der Waals surface area contributed by atoms with E-state index in [1.165, 1.54) is 22.9 Å². The molecule has 2 aromatic rings. The summed E-state index contributed by atoms with van der Waals surface area (Å²) in [6.07, 6.45) is 0. The van der Waals surface area contributed by atoms with Crippen molar-refractivity contribution in [3.8, 4) is 5.69 Å². The molecule has 1 aromatic carbocycles. The lowest BCUT2D eigenvalue weighted by Gasteiger charge is -2.02. The van der Waals surface area contributed by atoms with Crippen molar-refractivity contribution < 1.29 is 13.0 Å². The second-order valence-electron chi connectivity index (χ2n) is 2.85. The summed E-state index contributed by atoms with van der Waals surface area (Å²) in [5.41, 5.74) is 0.366. The topological polar surface area (TPSA) is 98.0 Å². The maximum Gasteiger partial charge on any atom is 0.294 e. The SMILES string of the molecule is O=S(=O)(O)c1cccc(-n2nnnc2[S])c1. The minimum absolute atomic E-state index is 0.104. The highest BCUT2D eigenvalue weighted by molar-refractivity contribution is 7.85. The number of benzene rings is 1. The highest BCUT2D eigenvalue weighted by Crippen LogP contribution is 2.15. The van der Waals surface area contributed by atoms with Crippen LogP contribution in [-0.4, -0.2) is 33.2 Å². The van der Waals surface area contributed by atoms with Gasteiger partial charge in [-0.2, -0.15) is 13.1 Å². The van der Waals surface area contributed by atoms with Crippen molar-refractivity contribution in [1.29, 1.82) is 0 Å². The Morgan fingerprint density at radius 2 is 2.12 bits per heavy atom. The molecule has 9 heteroatoms. The van der Waals surface area contributed by atoms with E-state index >= 15 is 0 Å². The minimum atomic E-state index is -4.25. The molecule has 0 saturated heterocycles. The van der Waals surface area contributed by atoms with Crippen LogP contribution in [0, 0.1) is 0 Å². The van der Waals surface area contributed by atoms with Gasteiger partial charge in [0.1, 0.15) is 0 Å². The molecule has 1 aromatic heterocycles. The molecule has 83 valence electrons. The smallest absolute Gasteiger partial charge is 0.282 e. The van der Waals surface area contributed by atoms with Crippen molar-refractivity contribution in [1.82, 2.24) is 20.2 Å². The molecule has 1 heterocycles. The largest absolute Gasteiger partial charge is 0.294 e. The zero-order chi connectivity index (χ0) is 11.8. The van der Waals surface area contributed by atoms with E-state index in [0.717, 1.165) is 0 Å². The van der Waals surface area contributed by atoms with Crippen LogP contribution >= 0.6 is 12.6 Å². The van der Waals surface area contributed by atoms with Crippen molar-refractivity contribution in [2.45, 2.75) is 10.1 Å². The molecule has 0 saturated carbocycles. The van der Waals surface area contributed by atoms with Crippen LogP contribution in [0.1, 0.15) is 0 Å². The molecule has 2 rings (SSSR count). The molecule has 0 bridgehead atoms. The van der Waals surface area contributed by atoms with Gasteiger partial charge in [-0.15, -0.1) is 0 Å². The zero-order valence-corrected chi connectivity index (χ0v) is 9.31. The van der Waals surface area contributed by atoms with E-state index in [2.05, 4.69) is 15.5 Å². The van der Waals surface area contributed by atoms with Crippen LogP contribution in [0.4, 0.5) is 0 Å². The Hall–Kier alpha value is -1.58. The van der Waals surface area contributed by atoms with Gasteiger partial charge >= 0.3 is 0 Å². The van der Waals surface area contributed by atoms with Crippen molar-refractivity contribution in [2.75, 3.05) is 0 Å². The highest BCUT2D eigenvalue weighted by atomic mass is 32.2. The fourth-order valence-electron chi connectivity index (χ4n) is 1.12. The third-order valence-electron chi connectivity index (χ3n) is 1.80. The second-order valence-corrected chi connectivity index (χ2v) is 4.63. The number of nitrogens with zero attached hydrogens (tertiary/aromatic N) is 4. The van der Waals surface area contributed by atoms with Crippen LogP contribution in [0.5, 0.6) is 0 Å². The van der Waals surface area contributed by atoms with Gasteiger partial charge in [-0.05, 0) is 41.3 Å². The van der Waals surface area contributed by atoms with Gasteiger partial charge in [0.2, 0.25) is 5.16 Å². The summed E-state index contributed by atoms with van der Waals surface area (Å²) in [5, 5.41) is 10.5. The maximum atomic E-state index is 10.9. The van der Waals surface area contributed by atoms with Crippen LogP contribution in [-0.2, 0) is 10.1 Å². The summed E-state index contributed by atoms with van der Waals surface area (Å²) in [5.74, 6) is 0. The van der Waals surface area contributed by atoms with Gasteiger partial charge in [-0.25, -0.2) is 0 Å². The average Bonchev–Trinajstić information content (AvgIpc) is 2.63. The normalized spacial score (nSPS) is 11.6. The van der Waals surface area contributed by atoms with E-state index in [-0.39, 0.29) is 10.1 Å². The number of rotatable bonds is 2. The molecule has 0 fully saturated rings. The van der Waals surface area contributed by atoms with Crippen LogP contribution in [0.15, 0.2) is 34.3 Å². The van der Waals surface area contributed by atoms with Gasteiger partial charge in [0, 0.05) is 0 Å². The standard InChI is InChI=1S/C7H5N4O3S2/c12-16(13,14)6-3-1-2-5(4-6)11-7(15)8-9-10-11/h1-4H,(H,12,13,14). The van der Waals surface area contributed by atoms with Crippen molar-refractivity contribution in [2.24, 2.45) is 0 Å². The molecule has 7 nitrogen and oxygen atoms in total. The fourth-order valence-corrected chi connectivity index (χ4v) is 1.82. The molecule has 1 radical (unpaired) electrons. The third kappa shape index (κ3) is 2.01. The van der Waals surface area contributed by atoms with E-state index < -0.39 is 10.1 Å². The molecular formula is C7H5N4O3S2. The maximum absolute atomic E-state index is 10.9. The molecule has 0 aliphatic carbocycles. The summed E-state index contributed by atoms with van der Waals surface area (Å²) in [4.78, 5) is -0.241. The molecule has 0 aliphatic heterocycles. The van der Waals surface area contributed by atoms with Gasteiger partial charge in [-0.1, -0.05) is 11.2 Å². The molecule has 0 spiro atoms. The summed E-state index contributed by atoms with van der Waals surface area (Å²) in [6, 6.07) is 5.50. The van der Waals surface area contributed by atoms with E-state index in [4.69, 9.17) is 17.2 Å². The predicted molar refractivity (Wildman–Crippen MR) is 54.8 cm³/mol. The van der Waals surface area contributed by atoms with Crippen molar-refractivity contribution >= 4 is 22.7 Å². The highest BCUT2D eigenvalue weighted by Gasteiger charge is 2.12. The Morgan fingerprint density at radius 1 is 1.38 bits per heavy atom. The summed E-state index contributed by atoms with van der Waals surface area (Å²) in [6.45, 7) is 0. The Labute approximate surface area is 96.3 Å². The molecule has 0 aliphatic rings. The molecule has 16 heavy (non-hydrogen) atoms. The first-order chi connectivity index (χ1) is 7.48. The van der Waals surface area contributed by atoms with Crippen LogP contribution < -0.4 is 0 Å². The molecular weight excluding hydrogens is 252 g/mol. The first-order valence-corrected chi connectivity index (χ1v) is 5.86. The Morgan fingerprint density at radius 3 is 2.69 bits per heavy atom. The number of aromatic nitrogens is 4. The van der Waals surface area contributed by atoms with Crippen molar-refractivity contribution in [3.63, 3.8) is 0 Å². The lowest BCUT2D eigenvalue weighted by molar-refractivity contribution is 0.483. The molecule has 1 N–H and O–H groups in total. The lowest BCUT2D eigenvalue weighted by atomic mass is 10.3. The fraction of sp³-hybridized carbons (Fsp3) is 0. The summed E-state index contributed by atoms with van der Waals surface area (Å²) in [7, 11) is -4.25. The molecule has 0 atom stereocenters. The number of tetrazole rings is 1. The van der Waals surface area contributed by atoms with Gasteiger partial charge in [0.25, 0.3) is 10.1 Å². The number of hydrogen-bond acceptors (Lipinski definition) is 5. The first kappa shape index (κ1) is 10.9. The van der Waals surface area contributed by atoms with Crippen molar-refractivity contribution in [3.05, 3.63) is 24.3 Å². The first-order valence-electron chi connectivity index (χ1n) is 4.02. The van der Waals surface area contributed by atoms with Crippen LogP contribution in [0.25, 0.3) is 5.69 Å². The Balaban J connectivity index is 2.57. The van der Waals surface area contributed by atoms with Gasteiger partial charge in [0.15, 0.2) is 0 Å². The monoisotopic (exact) mass is 257 g/mol. The van der Waals surface area contributed by atoms with E-state index in [0.29, 0.717) is 5.69 Å².